The highest BCUT2D eigenvalue weighted by Crippen LogP contribution is 2.19. The number of aryl methyl sites for hydroxylation is 2. The van der Waals surface area contributed by atoms with Crippen molar-refractivity contribution >= 4 is 5.91 Å². The Morgan fingerprint density at radius 3 is 2.17 bits per heavy atom. The molecule has 18 heavy (non-hydrogen) atoms. The fourth-order valence-corrected chi connectivity index (χ4v) is 1.92. The maximum atomic E-state index is 10.6. The van der Waals surface area contributed by atoms with Crippen LogP contribution in [0, 0.1) is 13.8 Å². The fourth-order valence-electron chi connectivity index (χ4n) is 1.92. The molecule has 1 heterocycles. The van der Waals surface area contributed by atoms with Gasteiger partial charge in [-0.3, -0.25) is 4.79 Å². The molecular formula is C14H16N2O2. The van der Waals surface area contributed by atoms with Crippen molar-refractivity contribution in [1.29, 1.82) is 0 Å². The number of nitrogens with two attached hydrogens (primary N) is 1. The van der Waals surface area contributed by atoms with Gasteiger partial charge in [0.1, 0.15) is 5.75 Å². The maximum absolute atomic E-state index is 10.6. The molecule has 0 fully saturated rings. The summed E-state index contributed by atoms with van der Waals surface area (Å²) in [5.74, 6) is 0.163. The monoisotopic (exact) mass is 244 g/mol. The highest BCUT2D eigenvalue weighted by Gasteiger charge is 2.04. The number of ether oxygens (including phenoxy) is 1. The molecule has 1 aromatic heterocycles. The number of aromatic nitrogens is 1. The zero-order chi connectivity index (χ0) is 13.1. The number of nitrogens with zero attached hydrogens (tertiary/aromatic N) is 1. The van der Waals surface area contributed by atoms with Crippen LogP contribution in [0.4, 0.5) is 0 Å². The van der Waals surface area contributed by atoms with Gasteiger partial charge in [-0.05, 0) is 50.2 Å². The van der Waals surface area contributed by atoms with Gasteiger partial charge in [0, 0.05) is 17.1 Å². The molecule has 1 aromatic carbocycles. The van der Waals surface area contributed by atoms with Crippen LogP contribution in [0.3, 0.4) is 0 Å². The molecule has 0 aliphatic carbocycles. The largest absolute Gasteiger partial charge is 0.484 e. The van der Waals surface area contributed by atoms with Gasteiger partial charge in [0.15, 0.2) is 6.61 Å². The van der Waals surface area contributed by atoms with Crippen molar-refractivity contribution in [1.82, 2.24) is 4.57 Å². The molecule has 0 spiro atoms. The van der Waals surface area contributed by atoms with Crippen LogP contribution in [-0.2, 0) is 4.79 Å². The molecule has 2 N–H and O–H groups in total. The van der Waals surface area contributed by atoms with Crippen LogP contribution in [0.5, 0.6) is 5.75 Å². The second-order valence-electron chi connectivity index (χ2n) is 4.20. The number of benzene rings is 1. The van der Waals surface area contributed by atoms with Crippen molar-refractivity contribution in [3.05, 3.63) is 47.8 Å². The molecule has 0 atom stereocenters. The van der Waals surface area contributed by atoms with Gasteiger partial charge in [-0.25, -0.2) is 0 Å². The standard InChI is InChI=1S/C14H16N2O2/c1-10-3-4-11(2)16(10)12-5-7-13(8-6-12)18-9-14(15)17/h3-8H,9H2,1-2H3,(H2,15,17). The Morgan fingerprint density at radius 2 is 1.67 bits per heavy atom. The molecule has 0 unspecified atom stereocenters. The summed E-state index contributed by atoms with van der Waals surface area (Å²) in [7, 11) is 0. The van der Waals surface area contributed by atoms with Crippen molar-refractivity contribution < 1.29 is 9.53 Å². The minimum Gasteiger partial charge on any atom is -0.484 e. The van der Waals surface area contributed by atoms with Crippen molar-refractivity contribution in [3.63, 3.8) is 0 Å². The van der Waals surface area contributed by atoms with Crippen LogP contribution in [0.15, 0.2) is 36.4 Å². The number of hydrogen-bond donors (Lipinski definition) is 1. The maximum Gasteiger partial charge on any atom is 0.255 e. The number of carbonyl (C=O) groups excluding carboxylic acids is 1. The van der Waals surface area contributed by atoms with E-state index in [9.17, 15) is 4.79 Å². The molecule has 0 aliphatic rings. The second kappa shape index (κ2) is 4.96. The van der Waals surface area contributed by atoms with Gasteiger partial charge in [0.25, 0.3) is 5.91 Å². The van der Waals surface area contributed by atoms with Crippen molar-refractivity contribution in [2.45, 2.75) is 13.8 Å². The van der Waals surface area contributed by atoms with Crippen LogP contribution in [-0.4, -0.2) is 17.1 Å². The molecule has 0 radical (unpaired) electrons. The minimum atomic E-state index is -0.476. The Bertz CT molecular complexity index is 536. The number of carbonyl (C=O) groups is 1. The zero-order valence-electron chi connectivity index (χ0n) is 10.5. The summed E-state index contributed by atoms with van der Waals surface area (Å²) in [5.41, 5.74) is 8.45. The van der Waals surface area contributed by atoms with E-state index in [1.165, 1.54) is 11.4 Å². The van der Waals surface area contributed by atoms with Gasteiger partial charge in [-0.15, -0.1) is 0 Å². The summed E-state index contributed by atoms with van der Waals surface area (Å²) in [5, 5.41) is 0. The van der Waals surface area contributed by atoms with Gasteiger partial charge < -0.3 is 15.0 Å². The van der Waals surface area contributed by atoms with Crippen molar-refractivity contribution in [3.8, 4) is 11.4 Å². The van der Waals surface area contributed by atoms with E-state index in [4.69, 9.17) is 10.5 Å². The minimum absolute atomic E-state index is 0.0963. The predicted molar refractivity (Wildman–Crippen MR) is 69.9 cm³/mol. The van der Waals surface area contributed by atoms with E-state index in [1.807, 2.05) is 24.3 Å². The molecule has 0 saturated heterocycles. The van der Waals surface area contributed by atoms with Crippen LogP contribution in [0.25, 0.3) is 5.69 Å². The number of amides is 1. The van der Waals surface area contributed by atoms with E-state index in [2.05, 4.69) is 30.5 Å². The third-order valence-electron chi connectivity index (χ3n) is 2.75. The highest BCUT2D eigenvalue weighted by atomic mass is 16.5. The Morgan fingerprint density at radius 1 is 1.11 bits per heavy atom. The van der Waals surface area contributed by atoms with E-state index >= 15 is 0 Å². The lowest BCUT2D eigenvalue weighted by Crippen LogP contribution is -2.19. The number of primary amides is 1. The van der Waals surface area contributed by atoms with Gasteiger partial charge in [-0.1, -0.05) is 0 Å². The first-order chi connectivity index (χ1) is 8.58. The molecule has 4 nitrogen and oxygen atoms in total. The van der Waals surface area contributed by atoms with Crippen molar-refractivity contribution in [2.24, 2.45) is 5.73 Å². The first-order valence-electron chi connectivity index (χ1n) is 5.74. The topological polar surface area (TPSA) is 57.2 Å². The molecule has 4 heteroatoms. The zero-order valence-corrected chi connectivity index (χ0v) is 10.5. The van der Waals surface area contributed by atoms with Crippen LogP contribution in [0.1, 0.15) is 11.4 Å². The van der Waals surface area contributed by atoms with Crippen LogP contribution >= 0.6 is 0 Å². The summed E-state index contributed by atoms with van der Waals surface area (Å²) in [6, 6.07) is 11.7. The molecule has 0 aliphatic heterocycles. The third kappa shape index (κ3) is 2.53. The quantitative estimate of drug-likeness (QED) is 0.893. The summed E-state index contributed by atoms with van der Waals surface area (Å²) >= 11 is 0. The summed E-state index contributed by atoms with van der Waals surface area (Å²) < 4.78 is 7.37. The van der Waals surface area contributed by atoms with E-state index in [-0.39, 0.29) is 6.61 Å². The van der Waals surface area contributed by atoms with Gasteiger partial charge in [-0.2, -0.15) is 0 Å². The smallest absolute Gasteiger partial charge is 0.255 e. The van der Waals surface area contributed by atoms with Crippen LogP contribution in [0.2, 0.25) is 0 Å². The molecule has 94 valence electrons. The third-order valence-corrected chi connectivity index (χ3v) is 2.75. The molecular weight excluding hydrogens is 228 g/mol. The first kappa shape index (κ1) is 12.2. The average molecular weight is 244 g/mol. The average Bonchev–Trinajstić information content (AvgIpc) is 2.67. The Hall–Kier alpha value is -2.23. The highest BCUT2D eigenvalue weighted by molar-refractivity contribution is 5.75. The van der Waals surface area contributed by atoms with E-state index < -0.39 is 5.91 Å². The molecule has 2 aromatic rings. The molecule has 2 rings (SSSR count). The Balaban J connectivity index is 2.20. The van der Waals surface area contributed by atoms with Gasteiger partial charge >= 0.3 is 0 Å². The van der Waals surface area contributed by atoms with Gasteiger partial charge in [0.05, 0.1) is 0 Å². The predicted octanol–water partition coefficient (Wildman–Crippen LogP) is 1.96. The molecule has 0 bridgehead atoms. The van der Waals surface area contributed by atoms with Crippen LogP contribution < -0.4 is 10.5 Å². The Labute approximate surface area is 106 Å². The molecule has 0 saturated carbocycles. The summed E-state index contributed by atoms with van der Waals surface area (Å²) in [4.78, 5) is 10.6. The number of rotatable bonds is 4. The lowest BCUT2D eigenvalue weighted by Gasteiger charge is -2.10. The first-order valence-corrected chi connectivity index (χ1v) is 5.74. The second-order valence-corrected chi connectivity index (χ2v) is 4.20. The summed E-state index contributed by atoms with van der Waals surface area (Å²) in [6.07, 6.45) is 0. The SMILES string of the molecule is Cc1ccc(C)n1-c1ccc(OCC(N)=O)cc1. The van der Waals surface area contributed by atoms with Gasteiger partial charge in [0.2, 0.25) is 0 Å². The van der Waals surface area contributed by atoms with E-state index in [0.29, 0.717) is 5.75 Å². The van der Waals surface area contributed by atoms with Crippen molar-refractivity contribution in [2.75, 3.05) is 6.61 Å². The Kier molecular flexibility index (Phi) is 3.37. The number of hydrogen-bond acceptors (Lipinski definition) is 2. The normalized spacial score (nSPS) is 10.3. The summed E-state index contributed by atoms with van der Waals surface area (Å²) in [6.45, 7) is 4.02. The molecule has 1 amide bonds. The van der Waals surface area contributed by atoms with E-state index in [0.717, 1.165) is 5.69 Å². The van der Waals surface area contributed by atoms with E-state index in [1.54, 1.807) is 0 Å². The fraction of sp³-hybridized carbons (Fsp3) is 0.214. The lowest BCUT2D eigenvalue weighted by atomic mass is 10.3. The lowest BCUT2D eigenvalue weighted by molar-refractivity contribution is -0.119.